The maximum atomic E-state index is 11.7. The number of esters is 1. The van der Waals surface area contributed by atoms with Crippen molar-refractivity contribution in [1.82, 2.24) is 0 Å². The molecule has 2 rings (SSSR count). The Labute approximate surface area is 117 Å². The highest BCUT2D eigenvalue weighted by Gasteiger charge is 2.19. The van der Waals surface area contributed by atoms with Gasteiger partial charge in [0, 0.05) is 4.47 Å². The Bertz CT molecular complexity index is 448. The second-order valence-corrected chi connectivity index (χ2v) is 6.00. The van der Waals surface area contributed by atoms with E-state index in [2.05, 4.69) is 22.0 Å². The summed E-state index contributed by atoms with van der Waals surface area (Å²) < 4.78 is 5.80. The zero-order valence-electron chi connectivity index (χ0n) is 11.0. The molecule has 1 saturated carbocycles. The summed E-state index contributed by atoms with van der Waals surface area (Å²) in [7, 11) is 1.43. The van der Waals surface area contributed by atoms with Crippen LogP contribution in [-0.2, 0) is 11.2 Å². The van der Waals surface area contributed by atoms with Gasteiger partial charge in [0.1, 0.15) is 0 Å². The van der Waals surface area contributed by atoms with E-state index in [4.69, 9.17) is 4.74 Å². The minimum absolute atomic E-state index is 0.249. The Kier molecular flexibility index (Phi) is 4.44. The number of hydrogen-bond acceptors (Lipinski definition) is 2. The lowest BCUT2D eigenvalue weighted by atomic mass is 9.92. The van der Waals surface area contributed by atoms with Crippen LogP contribution in [0.1, 0.15) is 47.2 Å². The molecule has 0 saturated heterocycles. The van der Waals surface area contributed by atoms with Crippen LogP contribution in [0.2, 0.25) is 0 Å². The quantitative estimate of drug-likeness (QED) is 0.779. The molecule has 0 aromatic heterocycles. The van der Waals surface area contributed by atoms with Crippen molar-refractivity contribution in [2.24, 2.45) is 5.92 Å². The molecule has 0 N–H and O–H groups in total. The van der Waals surface area contributed by atoms with E-state index in [1.165, 1.54) is 38.4 Å². The van der Waals surface area contributed by atoms with Gasteiger partial charge in [-0.3, -0.25) is 0 Å². The standard InChI is InChI=1S/C15H19BrO2/c1-10-12(7-11-5-3-4-6-11)8-13(16)9-14(10)15(17)18-2/h8-9,11H,3-7H2,1-2H3. The summed E-state index contributed by atoms with van der Waals surface area (Å²) in [5, 5.41) is 0. The van der Waals surface area contributed by atoms with Crippen LogP contribution in [0.5, 0.6) is 0 Å². The van der Waals surface area contributed by atoms with Crippen LogP contribution in [0.25, 0.3) is 0 Å². The fourth-order valence-electron chi connectivity index (χ4n) is 2.79. The first kappa shape index (κ1) is 13.6. The molecule has 1 aliphatic rings. The van der Waals surface area contributed by atoms with Crippen molar-refractivity contribution in [3.8, 4) is 0 Å². The maximum absolute atomic E-state index is 11.7. The third-order valence-electron chi connectivity index (χ3n) is 3.87. The van der Waals surface area contributed by atoms with Crippen LogP contribution in [-0.4, -0.2) is 13.1 Å². The van der Waals surface area contributed by atoms with E-state index in [0.717, 1.165) is 22.4 Å². The lowest BCUT2D eigenvalue weighted by Gasteiger charge is -2.14. The molecular formula is C15H19BrO2. The van der Waals surface area contributed by atoms with E-state index in [0.29, 0.717) is 5.56 Å². The molecule has 1 aromatic rings. The van der Waals surface area contributed by atoms with Gasteiger partial charge in [0.2, 0.25) is 0 Å². The molecule has 98 valence electrons. The second kappa shape index (κ2) is 5.87. The van der Waals surface area contributed by atoms with Crippen LogP contribution >= 0.6 is 15.9 Å². The van der Waals surface area contributed by atoms with Crippen LogP contribution in [0.3, 0.4) is 0 Å². The first-order valence-corrected chi connectivity index (χ1v) is 7.28. The van der Waals surface area contributed by atoms with E-state index < -0.39 is 0 Å². The van der Waals surface area contributed by atoms with Crippen molar-refractivity contribution in [2.45, 2.75) is 39.0 Å². The topological polar surface area (TPSA) is 26.3 Å². The van der Waals surface area contributed by atoms with Gasteiger partial charge in [-0.25, -0.2) is 4.79 Å². The van der Waals surface area contributed by atoms with Crippen LogP contribution in [0.4, 0.5) is 0 Å². The van der Waals surface area contributed by atoms with Crippen molar-refractivity contribution in [3.63, 3.8) is 0 Å². The van der Waals surface area contributed by atoms with Gasteiger partial charge in [0.05, 0.1) is 12.7 Å². The Morgan fingerprint density at radius 2 is 2.06 bits per heavy atom. The minimum Gasteiger partial charge on any atom is -0.465 e. The molecule has 2 nitrogen and oxygen atoms in total. The van der Waals surface area contributed by atoms with Gasteiger partial charge in [-0.2, -0.15) is 0 Å². The smallest absolute Gasteiger partial charge is 0.338 e. The highest BCUT2D eigenvalue weighted by Crippen LogP contribution is 2.31. The molecule has 0 radical (unpaired) electrons. The molecule has 1 aliphatic carbocycles. The Balaban J connectivity index is 2.28. The van der Waals surface area contributed by atoms with Crippen molar-refractivity contribution in [3.05, 3.63) is 33.3 Å². The van der Waals surface area contributed by atoms with E-state index in [-0.39, 0.29) is 5.97 Å². The van der Waals surface area contributed by atoms with E-state index in [9.17, 15) is 4.79 Å². The number of carbonyl (C=O) groups excluding carboxylic acids is 1. The number of hydrogen-bond donors (Lipinski definition) is 0. The lowest BCUT2D eigenvalue weighted by Crippen LogP contribution is -2.08. The second-order valence-electron chi connectivity index (χ2n) is 5.08. The number of rotatable bonds is 3. The van der Waals surface area contributed by atoms with E-state index in [1.807, 2.05) is 13.0 Å². The Hall–Kier alpha value is -0.830. The van der Waals surface area contributed by atoms with E-state index in [1.54, 1.807) is 0 Å². The molecule has 0 aliphatic heterocycles. The average Bonchev–Trinajstić information content (AvgIpc) is 2.85. The van der Waals surface area contributed by atoms with Gasteiger partial charge >= 0.3 is 5.97 Å². The van der Waals surface area contributed by atoms with Crippen molar-refractivity contribution >= 4 is 21.9 Å². The van der Waals surface area contributed by atoms with E-state index >= 15 is 0 Å². The van der Waals surface area contributed by atoms with Crippen molar-refractivity contribution < 1.29 is 9.53 Å². The highest BCUT2D eigenvalue weighted by atomic mass is 79.9. The molecule has 0 heterocycles. The summed E-state index contributed by atoms with van der Waals surface area (Å²) in [5.41, 5.74) is 3.02. The predicted molar refractivity (Wildman–Crippen MR) is 75.9 cm³/mol. The zero-order chi connectivity index (χ0) is 13.1. The van der Waals surface area contributed by atoms with Gasteiger partial charge in [0.15, 0.2) is 0 Å². The minimum atomic E-state index is -0.249. The molecule has 0 atom stereocenters. The van der Waals surface area contributed by atoms with Gasteiger partial charge in [0.25, 0.3) is 0 Å². The fraction of sp³-hybridized carbons (Fsp3) is 0.533. The van der Waals surface area contributed by atoms with Gasteiger partial charge < -0.3 is 4.74 Å². The largest absolute Gasteiger partial charge is 0.465 e. The third kappa shape index (κ3) is 2.94. The monoisotopic (exact) mass is 310 g/mol. The summed E-state index contributed by atoms with van der Waals surface area (Å²) in [6.45, 7) is 2.02. The summed E-state index contributed by atoms with van der Waals surface area (Å²) in [4.78, 5) is 11.7. The molecule has 1 fully saturated rings. The highest BCUT2D eigenvalue weighted by molar-refractivity contribution is 9.10. The van der Waals surface area contributed by atoms with Gasteiger partial charge in [-0.15, -0.1) is 0 Å². The summed E-state index contributed by atoms with van der Waals surface area (Å²) >= 11 is 3.49. The summed E-state index contributed by atoms with van der Waals surface area (Å²) in [6.07, 6.45) is 6.41. The Morgan fingerprint density at radius 3 is 2.67 bits per heavy atom. The van der Waals surface area contributed by atoms with Crippen molar-refractivity contribution in [1.29, 1.82) is 0 Å². The van der Waals surface area contributed by atoms with Crippen LogP contribution < -0.4 is 0 Å². The lowest BCUT2D eigenvalue weighted by molar-refractivity contribution is 0.0599. The molecular weight excluding hydrogens is 292 g/mol. The molecule has 0 spiro atoms. The van der Waals surface area contributed by atoms with Crippen LogP contribution in [0.15, 0.2) is 16.6 Å². The van der Waals surface area contributed by atoms with Gasteiger partial charge in [-0.05, 0) is 42.5 Å². The van der Waals surface area contributed by atoms with Crippen molar-refractivity contribution in [2.75, 3.05) is 7.11 Å². The summed E-state index contributed by atoms with van der Waals surface area (Å²) in [6, 6.07) is 3.99. The number of carbonyl (C=O) groups is 1. The molecule has 0 amide bonds. The first-order valence-electron chi connectivity index (χ1n) is 6.49. The third-order valence-corrected chi connectivity index (χ3v) is 4.33. The molecule has 3 heteroatoms. The molecule has 18 heavy (non-hydrogen) atoms. The number of methoxy groups -OCH3 is 1. The number of benzene rings is 1. The first-order chi connectivity index (χ1) is 8.61. The molecule has 0 unspecified atom stereocenters. The molecule has 1 aromatic carbocycles. The SMILES string of the molecule is COC(=O)c1cc(Br)cc(CC2CCCC2)c1C. The number of halogens is 1. The normalized spacial score (nSPS) is 15.9. The number of ether oxygens (including phenoxy) is 1. The van der Waals surface area contributed by atoms with Gasteiger partial charge in [-0.1, -0.05) is 41.6 Å². The average molecular weight is 311 g/mol. The fourth-order valence-corrected chi connectivity index (χ4v) is 3.30. The van der Waals surface area contributed by atoms with Crippen LogP contribution in [0, 0.1) is 12.8 Å². The molecule has 0 bridgehead atoms. The Morgan fingerprint density at radius 1 is 1.39 bits per heavy atom. The summed E-state index contributed by atoms with van der Waals surface area (Å²) in [5.74, 6) is 0.532. The predicted octanol–water partition coefficient (Wildman–Crippen LogP) is 4.28. The zero-order valence-corrected chi connectivity index (χ0v) is 12.5. The maximum Gasteiger partial charge on any atom is 0.338 e.